The Hall–Kier alpha value is -2.67. The highest BCUT2D eigenvalue weighted by Gasteiger charge is 2.13. The summed E-state index contributed by atoms with van der Waals surface area (Å²) < 4.78 is 13.2. The van der Waals surface area contributed by atoms with Gasteiger partial charge < -0.3 is 9.47 Å². The molecule has 3 rings (SSSR count). The summed E-state index contributed by atoms with van der Waals surface area (Å²) in [6, 6.07) is 15.0. The van der Waals surface area contributed by atoms with E-state index < -0.39 is 0 Å². The molecule has 0 N–H and O–H groups in total. The van der Waals surface area contributed by atoms with Crippen LogP contribution in [0, 0.1) is 0 Å². The maximum absolute atomic E-state index is 12.4. The third kappa shape index (κ3) is 4.24. The molecule has 1 aromatic heterocycles. The number of carbonyl (C=O) groups is 1. The van der Waals surface area contributed by atoms with Gasteiger partial charge in [0, 0.05) is 5.56 Å². The standard InChI is InChI=1S/C18H16BrN3O3/c1-24-17-9-14(15(23)10-22-18(19)20-12-21-22)7-8-16(17)25-11-13-5-3-2-4-6-13/h2-9,12H,10-11H2,1H3. The largest absolute Gasteiger partial charge is 0.493 e. The Morgan fingerprint density at radius 1 is 1.16 bits per heavy atom. The minimum absolute atomic E-state index is 0.0912. The second kappa shape index (κ2) is 7.94. The Labute approximate surface area is 153 Å². The van der Waals surface area contributed by atoms with Gasteiger partial charge in [-0.1, -0.05) is 30.3 Å². The molecule has 3 aromatic rings. The van der Waals surface area contributed by atoms with Gasteiger partial charge >= 0.3 is 0 Å². The van der Waals surface area contributed by atoms with Crippen molar-refractivity contribution in [1.82, 2.24) is 14.8 Å². The Morgan fingerprint density at radius 2 is 1.96 bits per heavy atom. The van der Waals surface area contributed by atoms with E-state index in [0.717, 1.165) is 5.56 Å². The first kappa shape index (κ1) is 17.2. The quantitative estimate of drug-likeness (QED) is 0.566. The molecule has 0 aliphatic carbocycles. The predicted molar refractivity (Wildman–Crippen MR) is 95.8 cm³/mol. The Bertz CT molecular complexity index is 865. The number of benzene rings is 2. The summed E-state index contributed by atoms with van der Waals surface area (Å²) >= 11 is 3.24. The molecule has 1 heterocycles. The molecule has 0 saturated heterocycles. The maximum atomic E-state index is 12.4. The van der Waals surface area contributed by atoms with Gasteiger partial charge in [-0.25, -0.2) is 9.67 Å². The molecule has 128 valence electrons. The van der Waals surface area contributed by atoms with E-state index in [0.29, 0.717) is 28.4 Å². The van der Waals surface area contributed by atoms with Crippen molar-refractivity contribution in [3.63, 3.8) is 0 Å². The third-order valence-corrected chi connectivity index (χ3v) is 4.20. The minimum Gasteiger partial charge on any atom is -0.493 e. The van der Waals surface area contributed by atoms with Gasteiger partial charge in [0.15, 0.2) is 22.0 Å². The summed E-state index contributed by atoms with van der Waals surface area (Å²) in [5.74, 6) is 1.00. The van der Waals surface area contributed by atoms with Crippen LogP contribution in [0.3, 0.4) is 0 Å². The summed E-state index contributed by atoms with van der Waals surface area (Å²) in [7, 11) is 1.55. The first-order valence-corrected chi connectivity index (χ1v) is 8.38. The highest BCUT2D eigenvalue weighted by Crippen LogP contribution is 2.29. The number of Topliss-reactive ketones (excluding diaryl/α,β-unsaturated/α-hetero) is 1. The van der Waals surface area contributed by atoms with Crippen molar-refractivity contribution in [1.29, 1.82) is 0 Å². The maximum Gasteiger partial charge on any atom is 0.195 e. The van der Waals surface area contributed by atoms with Crippen molar-refractivity contribution in [3.05, 3.63) is 70.7 Å². The zero-order chi connectivity index (χ0) is 17.6. The van der Waals surface area contributed by atoms with Crippen molar-refractivity contribution in [3.8, 4) is 11.5 Å². The minimum atomic E-state index is -0.0980. The molecule has 0 aliphatic heterocycles. The average molecular weight is 402 g/mol. The summed E-state index contributed by atoms with van der Waals surface area (Å²) in [5, 5.41) is 3.99. The lowest BCUT2D eigenvalue weighted by atomic mass is 10.1. The van der Waals surface area contributed by atoms with Gasteiger partial charge in [-0.15, -0.1) is 0 Å². The summed E-state index contributed by atoms with van der Waals surface area (Å²) in [4.78, 5) is 16.4. The van der Waals surface area contributed by atoms with Gasteiger partial charge in [0.05, 0.1) is 7.11 Å². The Kier molecular flexibility index (Phi) is 5.45. The van der Waals surface area contributed by atoms with Crippen molar-refractivity contribution in [2.45, 2.75) is 13.2 Å². The van der Waals surface area contributed by atoms with E-state index in [2.05, 4.69) is 26.0 Å². The second-order valence-corrected chi connectivity index (χ2v) is 5.96. The van der Waals surface area contributed by atoms with Crippen LogP contribution in [0.1, 0.15) is 15.9 Å². The van der Waals surface area contributed by atoms with Gasteiger partial charge in [0.1, 0.15) is 19.5 Å². The normalized spacial score (nSPS) is 10.5. The molecule has 0 saturated carbocycles. The van der Waals surface area contributed by atoms with Gasteiger partial charge in [0.25, 0.3) is 0 Å². The zero-order valence-electron chi connectivity index (χ0n) is 13.6. The van der Waals surface area contributed by atoms with Gasteiger partial charge in [-0.2, -0.15) is 5.10 Å². The van der Waals surface area contributed by atoms with Crippen LogP contribution in [-0.2, 0) is 13.2 Å². The summed E-state index contributed by atoms with van der Waals surface area (Å²) in [6.45, 7) is 0.518. The molecule has 0 amide bonds. The second-order valence-electron chi connectivity index (χ2n) is 5.25. The van der Waals surface area contributed by atoms with E-state index in [1.807, 2.05) is 30.3 Å². The van der Waals surface area contributed by atoms with E-state index in [1.165, 1.54) is 11.0 Å². The molecular weight excluding hydrogens is 386 g/mol. The molecule has 7 heteroatoms. The molecule has 0 unspecified atom stereocenters. The number of methoxy groups -OCH3 is 1. The molecule has 0 spiro atoms. The number of nitrogens with zero attached hydrogens (tertiary/aromatic N) is 3. The lowest BCUT2D eigenvalue weighted by Gasteiger charge is -2.12. The number of halogens is 1. The molecule has 2 aromatic carbocycles. The molecule has 0 aliphatic rings. The monoisotopic (exact) mass is 401 g/mol. The molecule has 0 fully saturated rings. The molecule has 0 bridgehead atoms. The van der Waals surface area contributed by atoms with Crippen LogP contribution in [0.15, 0.2) is 59.6 Å². The van der Waals surface area contributed by atoms with E-state index in [9.17, 15) is 4.79 Å². The van der Waals surface area contributed by atoms with Crippen LogP contribution in [0.25, 0.3) is 0 Å². The first-order valence-electron chi connectivity index (χ1n) is 7.58. The number of hydrogen-bond donors (Lipinski definition) is 0. The van der Waals surface area contributed by atoms with Gasteiger partial charge in [0.2, 0.25) is 0 Å². The van der Waals surface area contributed by atoms with Crippen LogP contribution >= 0.6 is 15.9 Å². The highest BCUT2D eigenvalue weighted by atomic mass is 79.9. The lowest BCUT2D eigenvalue weighted by Crippen LogP contribution is -2.12. The van der Waals surface area contributed by atoms with Crippen molar-refractivity contribution < 1.29 is 14.3 Å². The van der Waals surface area contributed by atoms with Crippen LogP contribution in [0.5, 0.6) is 11.5 Å². The number of aromatic nitrogens is 3. The van der Waals surface area contributed by atoms with Gasteiger partial charge in [-0.3, -0.25) is 4.79 Å². The van der Waals surface area contributed by atoms with E-state index in [4.69, 9.17) is 9.47 Å². The van der Waals surface area contributed by atoms with E-state index in [1.54, 1.807) is 25.3 Å². The van der Waals surface area contributed by atoms with Gasteiger partial charge in [-0.05, 0) is 39.7 Å². The number of hydrogen-bond acceptors (Lipinski definition) is 5. The van der Waals surface area contributed by atoms with Crippen LogP contribution in [0.4, 0.5) is 0 Å². The molecule has 0 atom stereocenters. The molecule has 0 radical (unpaired) electrons. The molecule has 6 nitrogen and oxygen atoms in total. The fourth-order valence-corrected chi connectivity index (χ4v) is 2.59. The zero-order valence-corrected chi connectivity index (χ0v) is 15.1. The van der Waals surface area contributed by atoms with Crippen LogP contribution in [0.2, 0.25) is 0 Å². The highest BCUT2D eigenvalue weighted by molar-refractivity contribution is 9.10. The van der Waals surface area contributed by atoms with Crippen molar-refractivity contribution >= 4 is 21.7 Å². The van der Waals surface area contributed by atoms with Crippen molar-refractivity contribution in [2.24, 2.45) is 0 Å². The first-order chi connectivity index (χ1) is 12.2. The average Bonchev–Trinajstić information content (AvgIpc) is 3.05. The summed E-state index contributed by atoms with van der Waals surface area (Å²) in [6.07, 6.45) is 1.39. The number of carbonyl (C=O) groups excluding carboxylic acids is 1. The molecule has 25 heavy (non-hydrogen) atoms. The van der Waals surface area contributed by atoms with Crippen LogP contribution < -0.4 is 9.47 Å². The van der Waals surface area contributed by atoms with E-state index >= 15 is 0 Å². The fraction of sp³-hybridized carbons (Fsp3) is 0.167. The Morgan fingerprint density at radius 3 is 2.64 bits per heavy atom. The Balaban J connectivity index is 1.72. The predicted octanol–water partition coefficient (Wildman–Crippen LogP) is 3.51. The smallest absolute Gasteiger partial charge is 0.195 e. The number of rotatable bonds is 7. The fourth-order valence-electron chi connectivity index (χ4n) is 2.28. The molecular formula is C18H16BrN3O3. The van der Waals surface area contributed by atoms with E-state index in [-0.39, 0.29) is 12.3 Å². The number of ether oxygens (including phenoxy) is 2. The van der Waals surface area contributed by atoms with Crippen LogP contribution in [-0.4, -0.2) is 27.7 Å². The summed E-state index contributed by atoms with van der Waals surface area (Å²) in [5.41, 5.74) is 1.58. The SMILES string of the molecule is COc1cc(C(=O)Cn2ncnc2Br)ccc1OCc1ccccc1. The lowest BCUT2D eigenvalue weighted by molar-refractivity contribution is 0.0966. The number of ketones is 1. The third-order valence-electron chi connectivity index (χ3n) is 3.58. The topological polar surface area (TPSA) is 66.2 Å². The van der Waals surface area contributed by atoms with Crippen molar-refractivity contribution in [2.75, 3.05) is 7.11 Å².